The number of halogens is 2. The number of hydrogen-bond acceptors (Lipinski definition) is 4. The fraction of sp³-hybridized carbons (Fsp3) is 0.154. The molecule has 0 spiro atoms. The number of hydrogen-bond donors (Lipinski definition) is 1. The van der Waals surface area contributed by atoms with Crippen LogP contribution in [0, 0.1) is 18.3 Å². The highest BCUT2D eigenvalue weighted by molar-refractivity contribution is 9.10. The monoisotopic (exact) mass is 568 g/mol. The highest BCUT2D eigenvalue weighted by Crippen LogP contribution is 2.35. The Kier molecular flexibility index (Phi) is 8.70. The lowest BCUT2D eigenvalue weighted by Crippen LogP contribution is -2.13. The van der Waals surface area contributed by atoms with Crippen LogP contribution in [0.1, 0.15) is 23.6 Å². The first-order chi connectivity index (χ1) is 15.9. The highest BCUT2D eigenvalue weighted by Gasteiger charge is 2.14. The average molecular weight is 570 g/mol. The average Bonchev–Trinajstić information content (AvgIpc) is 2.80. The lowest BCUT2D eigenvalue weighted by Gasteiger charge is -2.14. The maximum Gasteiger partial charge on any atom is 0.266 e. The molecule has 1 amide bonds. The molecule has 0 aliphatic carbocycles. The number of amides is 1. The fourth-order valence-electron chi connectivity index (χ4n) is 2.92. The van der Waals surface area contributed by atoms with E-state index in [1.165, 1.54) is 6.08 Å². The van der Waals surface area contributed by atoms with Gasteiger partial charge in [0.15, 0.2) is 11.5 Å². The molecule has 0 saturated carbocycles. The zero-order valence-corrected chi connectivity index (χ0v) is 21.4. The number of ether oxygens (including phenoxy) is 2. The summed E-state index contributed by atoms with van der Waals surface area (Å²) in [5.74, 6) is 0.605. The van der Waals surface area contributed by atoms with Gasteiger partial charge in [-0.25, -0.2) is 0 Å². The van der Waals surface area contributed by atoms with Crippen LogP contribution >= 0.6 is 31.9 Å². The van der Waals surface area contributed by atoms with Crippen molar-refractivity contribution in [3.63, 3.8) is 0 Å². The van der Waals surface area contributed by atoms with E-state index >= 15 is 0 Å². The lowest BCUT2D eigenvalue weighted by molar-refractivity contribution is -0.112. The Bertz CT molecular complexity index is 1200. The number of benzene rings is 3. The van der Waals surface area contributed by atoms with E-state index in [2.05, 4.69) is 37.2 Å². The molecule has 168 valence electrons. The van der Waals surface area contributed by atoms with Crippen molar-refractivity contribution >= 4 is 49.5 Å². The summed E-state index contributed by atoms with van der Waals surface area (Å²) < 4.78 is 13.4. The Labute approximate surface area is 210 Å². The van der Waals surface area contributed by atoms with Crippen molar-refractivity contribution < 1.29 is 14.3 Å². The molecule has 0 saturated heterocycles. The molecule has 33 heavy (non-hydrogen) atoms. The Morgan fingerprint density at radius 2 is 1.70 bits per heavy atom. The molecule has 3 rings (SSSR count). The maximum atomic E-state index is 12.6. The van der Waals surface area contributed by atoms with Gasteiger partial charge in [0.25, 0.3) is 5.91 Å². The van der Waals surface area contributed by atoms with E-state index in [-0.39, 0.29) is 5.57 Å². The predicted molar refractivity (Wildman–Crippen MR) is 137 cm³/mol. The number of carbonyl (C=O) groups excluding carboxylic acids is 1. The summed E-state index contributed by atoms with van der Waals surface area (Å²) in [7, 11) is 0. The quantitative estimate of drug-likeness (QED) is 0.233. The first-order valence-corrected chi connectivity index (χ1v) is 11.8. The number of anilines is 1. The van der Waals surface area contributed by atoms with Crippen LogP contribution in [0.4, 0.5) is 5.69 Å². The topological polar surface area (TPSA) is 71.3 Å². The van der Waals surface area contributed by atoms with Gasteiger partial charge in [0, 0.05) is 14.6 Å². The van der Waals surface area contributed by atoms with Gasteiger partial charge in [0.1, 0.15) is 18.2 Å². The Hall–Kier alpha value is -3.08. The molecule has 0 aliphatic rings. The minimum Gasteiger partial charge on any atom is -0.490 e. The van der Waals surface area contributed by atoms with Gasteiger partial charge in [-0.2, -0.15) is 5.26 Å². The molecule has 0 aliphatic heterocycles. The zero-order valence-electron chi connectivity index (χ0n) is 18.2. The van der Waals surface area contributed by atoms with E-state index < -0.39 is 5.91 Å². The largest absolute Gasteiger partial charge is 0.490 e. The second-order valence-corrected chi connectivity index (χ2v) is 8.93. The van der Waals surface area contributed by atoms with Gasteiger partial charge in [0.05, 0.1) is 6.61 Å². The van der Waals surface area contributed by atoms with Crippen LogP contribution in [0.2, 0.25) is 0 Å². The second-order valence-electron chi connectivity index (χ2n) is 7.16. The van der Waals surface area contributed by atoms with E-state index in [9.17, 15) is 10.1 Å². The van der Waals surface area contributed by atoms with E-state index in [0.717, 1.165) is 15.6 Å². The maximum absolute atomic E-state index is 12.6. The van der Waals surface area contributed by atoms with Crippen molar-refractivity contribution in [3.05, 3.63) is 91.9 Å². The molecule has 3 aromatic rings. The molecule has 0 aromatic heterocycles. The molecule has 7 heteroatoms. The van der Waals surface area contributed by atoms with Gasteiger partial charge in [-0.3, -0.25) is 4.79 Å². The third kappa shape index (κ3) is 6.95. The van der Waals surface area contributed by atoms with Crippen molar-refractivity contribution in [2.24, 2.45) is 0 Å². The summed E-state index contributed by atoms with van der Waals surface area (Å²) >= 11 is 6.95. The van der Waals surface area contributed by atoms with Gasteiger partial charge in [-0.05, 0) is 67.4 Å². The van der Waals surface area contributed by atoms with Crippen molar-refractivity contribution in [1.82, 2.24) is 0 Å². The normalized spacial score (nSPS) is 10.9. The molecule has 0 bridgehead atoms. The van der Waals surface area contributed by atoms with Gasteiger partial charge in [-0.15, -0.1) is 0 Å². The summed E-state index contributed by atoms with van der Waals surface area (Å²) in [6.45, 7) is 4.66. The van der Waals surface area contributed by atoms with Crippen LogP contribution in [-0.2, 0) is 11.4 Å². The number of rotatable bonds is 8. The summed E-state index contributed by atoms with van der Waals surface area (Å²) in [4.78, 5) is 12.6. The van der Waals surface area contributed by atoms with Crippen LogP contribution in [0.3, 0.4) is 0 Å². The minimum absolute atomic E-state index is 0.0257. The molecule has 0 unspecified atom stereocenters. The van der Waals surface area contributed by atoms with Crippen molar-refractivity contribution in [2.45, 2.75) is 20.5 Å². The predicted octanol–water partition coefficient (Wildman–Crippen LogP) is 7.04. The molecule has 5 nitrogen and oxygen atoms in total. The Morgan fingerprint density at radius 3 is 2.33 bits per heavy atom. The Morgan fingerprint density at radius 1 is 1.03 bits per heavy atom. The van der Waals surface area contributed by atoms with E-state index in [4.69, 9.17) is 9.47 Å². The molecule has 0 atom stereocenters. The summed E-state index contributed by atoms with van der Waals surface area (Å²) in [6.07, 6.45) is 1.52. The highest BCUT2D eigenvalue weighted by atomic mass is 79.9. The number of nitrogens with zero attached hydrogens (tertiary/aromatic N) is 1. The summed E-state index contributed by atoms with van der Waals surface area (Å²) in [5, 5.41) is 12.3. The van der Waals surface area contributed by atoms with Crippen molar-refractivity contribution in [1.29, 1.82) is 5.26 Å². The van der Waals surface area contributed by atoms with Crippen molar-refractivity contribution in [2.75, 3.05) is 11.9 Å². The van der Waals surface area contributed by atoms with Crippen LogP contribution in [0.25, 0.3) is 6.08 Å². The lowest BCUT2D eigenvalue weighted by atomic mass is 10.1. The SMILES string of the molecule is CCOc1cc(/C=C(\C#N)C(=O)Nc2ccc(C)cc2)c(Br)cc1OCc1ccc(Br)cc1. The summed E-state index contributed by atoms with van der Waals surface area (Å²) in [5.41, 5.74) is 3.32. The first kappa shape index (κ1) is 24.6. The minimum atomic E-state index is -0.484. The van der Waals surface area contributed by atoms with Gasteiger partial charge >= 0.3 is 0 Å². The van der Waals surface area contributed by atoms with E-state index in [0.29, 0.717) is 40.4 Å². The number of nitrogens with one attached hydrogen (secondary N) is 1. The Balaban J connectivity index is 1.83. The fourth-order valence-corrected chi connectivity index (χ4v) is 3.62. The summed E-state index contributed by atoms with van der Waals surface area (Å²) in [6, 6.07) is 20.7. The van der Waals surface area contributed by atoms with Crippen LogP contribution in [0.5, 0.6) is 11.5 Å². The molecular weight excluding hydrogens is 548 g/mol. The van der Waals surface area contributed by atoms with Crippen LogP contribution in [0.15, 0.2) is 75.2 Å². The molecule has 0 fully saturated rings. The van der Waals surface area contributed by atoms with Crippen LogP contribution in [-0.4, -0.2) is 12.5 Å². The third-order valence-corrected chi connectivity index (χ3v) is 5.86. The third-order valence-electron chi connectivity index (χ3n) is 4.64. The zero-order chi connectivity index (χ0) is 23.8. The molecular formula is C26H22Br2N2O3. The molecule has 1 N–H and O–H groups in total. The van der Waals surface area contributed by atoms with Gasteiger partial charge < -0.3 is 14.8 Å². The first-order valence-electron chi connectivity index (χ1n) is 10.2. The standard InChI is InChI=1S/C26H22Br2N2O3/c1-3-32-24-13-19(12-20(15-29)26(31)30-22-10-4-17(2)5-11-22)23(28)14-25(24)33-16-18-6-8-21(27)9-7-18/h4-14H,3,16H2,1-2H3,(H,30,31)/b20-12+. The molecule has 0 heterocycles. The van der Waals surface area contributed by atoms with E-state index in [1.807, 2.05) is 56.3 Å². The van der Waals surface area contributed by atoms with Gasteiger partial charge in [-0.1, -0.05) is 61.7 Å². The van der Waals surface area contributed by atoms with Crippen LogP contribution < -0.4 is 14.8 Å². The van der Waals surface area contributed by atoms with Gasteiger partial charge in [0.2, 0.25) is 0 Å². The van der Waals surface area contributed by atoms with Crippen molar-refractivity contribution in [3.8, 4) is 17.6 Å². The second kappa shape index (κ2) is 11.7. The number of aryl methyl sites for hydroxylation is 1. The van der Waals surface area contributed by atoms with E-state index in [1.54, 1.807) is 24.3 Å². The molecule has 0 radical (unpaired) electrons. The number of nitriles is 1. The number of carbonyl (C=O) groups is 1. The smallest absolute Gasteiger partial charge is 0.266 e. The molecule has 3 aromatic carbocycles.